The number of carbonyl (C=O) groups excluding carboxylic acids is 2. The van der Waals surface area contributed by atoms with Crippen molar-refractivity contribution in [3.63, 3.8) is 0 Å². The van der Waals surface area contributed by atoms with Gasteiger partial charge in [0.15, 0.2) is 16.7 Å². The third kappa shape index (κ3) is 4.96. The lowest BCUT2D eigenvalue weighted by Gasteiger charge is -2.11. The summed E-state index contributed by atoms with van der Waals surface area (Å²) < 4.78 is 15.4. The van der Waals surface area contributed by atoms with Gasteiger partial charge in [0.2, 0.25) is 0 Å². The van der Waals surface area contributed by atoms with Crippen LogP contribution in [0, 0.1) is 0 Å². The second kappa shape index (κ2) is 9.42. The van der Waals surface area contributed by atoms with Crippen LogP contribution in [0.3, 0.4) is 0 Å². The molecule has 1 amide bonds. The van der Waals surface area contributed by atoms with Crippen LogP contribution < -0.4 is 14.8 Å². The predicted molar refractivity (Wildman–Crippen MR) is 99.5 cm³/mol. The van der Waals surface area contributed by atoms with Crippen molar-refractivity contribution in [1.82, 2.24) is 5.32 Å². The van der Waals surface area contributed by atoms with Gasteiger partial charge in [0.25, 0.3) is 5.91 Å². The van der Waals surface area contributed by atoms with Crippen LogP contribution in [0.2, 0.25) is 0 Å². The SMILES string of the molecule is C=CCOc1c(C=N/N=C2/NC(=O)/C(=C\C(=O)OC)S2)cccc1OC. The van der Waals surface area contributed by atoms with Gasteiger partial charge in [0.1, 0.15) is 6.61 Å². The van der Waals surface area contributed by atoms with Gasteiger partial charge < -0.3 is 14.2 Å². The van der Waals surface area contributed by atoms with Crippen LogP contribution in [0.15, 0.2) is 52.0 Å². The van der Waals surface area contributed by atoms with Crippen molar-refractivity contribution in [2.45, 2.75) is 0 Å². The third-order valence-corrected chi connectivity index (χ3v) is 3.92. The number of para-hydroxylation sites is 1. The largest absolute Gasteiger partial charge is 0.493 e. The van der Waals surface area contributed by atoms with E-state index in [2.05, 4.69) is 26.8 Å². The molecular formula is C17H17N3O5S. The molecule has 0 spiro atoms. The zero-order valence-electron chi connectivity index (χ0n) is 14.2. The summed E-state index contributed by atoms with van der Waals surface area (Å²) in [6.45, 7) is 3.92. The molecule has 136 valence electrons. The molecule has 26 heavy (non-hydrogen) atoms. The maximum absolute atomic E-state index is 11.7. The minimum absolute atomic E-state index is 0.183. The summed E-state index contributed by atoms with van der Waals surface area (Å²) in [6, 6.07) is 5.34. The number of esters is 1. The molecule has 1 aliphatic rings. The summed E-state index contributed by atoms with van der Waals surface area (Å²) in [5.74, 6) is 0.00191. The molecule has 2 rings (SSSR count). The van der Waals surface area contributed by atoms with E-state index in [1.165, 1.54) is 20.4 Å². The summed E-state index contributed by atoms with van der Waals surface area (Å²) in [4.78, 5) is 23.1. The first-order chi connectivity index (χ1) is 12.6. The van der Waals surface area contributed by atoms with E-state index < -0.39 is 11.9 Å². The first-order valence-corrected chi connectivity index (χ1v) is 8.21. The Bertz CT molecular complexity index is 802. The predicted octanol–water partition coefficient (Wildman–Crippen LogP) is 1.87. The van der Waals surface area contributed by atoms with Gasteiger partial charge in [-0.05, 0) is 23.9 Å². The number of nitrogens with zero attached hydrogens (tertiary/aromatic N) is 2. The number of hydrogen-bond donors (Lipinski definition) is 1. The topological polar surface area (TPSA) is 98.6 Å². The Morgan fingerprint density at radius 2 is 2.19 bits per heavy atom. The smallest absolute Gasteiger partial charge is 0.331 e. The van der Waals surface area contributed by atoms with E-state index in [0.717, 1.165) is 17.8 Å². The van der Waals surface area contributed by atoms with E-state index in [1.54, 1.807) is 24.3 Å². The Balaban J connectivity index is 2.17. The number of methoxy groups -OCH3 is 2. The molecule has 8 nitrogen and oxygen atoms in total. The number of ether oxygens (including phenoxy) is 3. The summed E-state index contributed by atoms with van der Waals surface area (Å²) in [7, 11) is 2.77. The zero-order chi connectivity index (χ0) is 18.9. The van der Waals surface area contributed by atoms with Crippen molar-refractivity contribution < 1.29 is 23.8 Å². The van der Waals surface area contributed by atoms with Gasteiger partial charge in [-0.1, -0.05) is 18.7 Å². The molecule has 9 heteroatoms. The van der Waals surface area contributed by atoms with Gasteiger partial charge in [-0.2, -0.15) is 5.10 Å². The second-order valence-corrected chi connectivity index (χ2v) is 5.75. The van der Waals surface area contributed by atoms with Gasteiger partial charge in [-0.25, -0.2) is 4.79 Å². The van der Waals surface area contributed by atoms with Crippen LogP contribution in [0.25, 0.3) is 0 Å². The Hall–Kier alpha value is -3.07. The molecule has 0 bridgehead atoms. The number of nitrogens with one attached hydrogen (secondary N) is 1. The minimum atomic E-state index is -0.618. The first kappa shape index (κ1) is 19.3. The van der Waals surface area contributed by atoms with Crippen molar-refractivity contribution in [2.24, 2.45) is 10.2 Å². The van der Waals surface area contributed by atoms with Crippen LogP contribution >= 0.6 is 11.8 Å². The average molecular weight is 375 g/mol. The monoisotopic (exact) mass is 375 g/mol. The van der Waals surface area contributed by atoms with E-state index in [4.69, 9.17) is 9.47 Å². The lowest BCUT2D eigenvalue weighted by Crippen LogP contribution is -2.19. The molecule has 1 N–H and O–H groups in total. The zero-order valence-corrected chi connectivity index (χ0v) is 15.0. The van der Waals surface area contributed by atoms with E-state index in [9.17, 15) is 9.59 Å². The van der Waals surface area contributed by atoms with E-state index >= 15 is 0 Å². The number of benzene rings is 1. The van der Waals surface area contributed by atoms with Crippen molar-refractivity contribution in [3.8, 4) is 11.5 Å². The molecule has 1 aliphatic heterocycles. The number of hydrogen-bond acceptors (Lipinski definition) is 8. The molecule has 0 saturated carbocycles. The van der Waals surface area contributed by atoms with Crippen molar-refractivity contribution in [2.75, 3.05) is 20.8 Å². The Morgan fingerprint density at radius 3 is 2.88 bits per heavy atom. The van der Waals surface area contributed by atoms with Crippen LogP contribution in [-0.4, -0.2) is 44.1 Å². The van der Waals surface area contributed by atoms with Gasteiger partial charge >= 0.3 is 5.97 Å². The summed E-state index contributed by atoms with van der Waals surface area (Å²) in [5.41, 5.74) is 0.648. The number of carbonyl (C=O) groups is 2. The average Bonchev–Trinajstić information content (AvgIpc) is 2.99. The molecule has 1 aromatic carbocycles. The number of rotatable bonds is 7. The van der Waals surface area contributed by atoms with Gasteiger partial charge in [-0.15, -0.1) is 5.10 Å². The van der Waals surface area contributed by atoms with Crippen molar-refractivity contribution >= 4 is 35.0 Å². The normalized spacial score (nSPS) is 16.8. The molecule has 1 heterocycles. The molecular weight excluding hydrogens is 358 g/mol. The van der Waals surface area contributed by atoms with E-state index in [1.807, 2.05) is 0 Å². The Morgan fingerprint density at radius 1 is 1.38 bits per heavy atom. The molecule has 1 fully saturated rings. The van der Waals surface area contributed by atoms with Crippen LogP contribution in [0.5, 0.6) is 11.5 Å². The van der Waals surface area contributed by atoms with Gasteiger partial charge in [0.05, 0.1) is 25.3 Å². The highest BCUT2D eigenvalue weighted by molar-refractivity contribution is 8.18. The third-order valence-electron chi connectivity index (χ3n) is 3.02. The fourth-order valence-electron chi connectivity index (χ4n) is 1.88. The molecule has 1 saturated heterocycles. The second-order valence-electron chi connectivity index (χ2n) is 4.72. The first-order valence-electron chi connectivity index (χ1n) is 7.39. The van der Waals surface area contributed by atoms with Gasteiger partial charge in [0, 0.05) is 11.6 Å². The molecule has 0 radical (unpaired) electrons. The Kier molecular flexibility index (Phi) is 6.98. The fourth-order valence-corrected chi connectivity index (χ4v) is 2.62. The summed E-state index contributed by atoms with van der Waals surface area (Å²) in [5, 5.41) is 10.6. The number of amides is 1. The summed E-state index contributed by atoms with van der Waals surface area (Å²) in [6.07, 6.45) is 4.19. The maximum Gasteiger partial charge on any atom is 0.331 e. The lowest BCUT2D eigenvalue weighted by molar-refractivity contribution is -0.135. The highest BCUT2D eigenvalue weighted by Crippen LogP contribution is 2.30. The minimum Gasteiger partial charge on any atom is -0.493 e. The van der Waals surface area contributed by atoms with Crippen LogP contribution in [0.1, 0.15) is 5.56 Å². The quantitative estimate of drug-likeness (QED) is 0.257. The van der Waals surface area contributed by atoms with Gasteiger partial charge in [-0.3, -0.25) is 10.1 Å². The highest BCUT2D eigenvalue weighted by Gasteiger charge is 2.25. The fraction of sp³-hybridized carbons (Fsp3) is 0.176. The molecule has 0 aliphatic carbocycles. The standard InChI is InChI=1S/C17H17N3O5S/c1-4-8-25-15-11(6-5-7-12(15)23-2)10-18-20-17-19-16(22)13(26-17)9-14(21)24-3/h4-7,9-10H,1,8H2,2-3H3,(H,19,20,22)/b13-9+,18-10?. The maximum atomic E-state index is 11.7. The number of thioether (sulfide) groups is 1. The highest BCUT2D eigenvalue weighted by atomic mass is 32.2. The molecule has 0 unspecified atom stereocenters. The molecule has 1 aromatic rings. The van der Waals surface area contributed by atoms with E-state index in [-0.39, 0.29) is 10.1 Å². The number of amidine groups is 1. The van der Waals surface area contributed by atoms with E-state index in [0.29, 0.717) is 23.7 Å². The Labute approximate surface area is 154 Å². The van der Waals surface area contributed by atoms with Crippen LogP contribution in [0.4, 0.5) is 0 Å². The summed E-state index contributed by atoms with van der Waals surface area (Å²) >= 11 is 0.990. The van der Waals surface area contributed by atoms with Crippen molar-refractivity contribution in [3.05, 3.63) is 47.4 Å². The van der Waals surface area contributed by atoms with Crippen LogP contribution in [-0.2, 0) is 14.3 Å². The van der Waals surface area contributed by atoms with Crippen molar-refractivity contribution in [1.29, 1.82) is 0 Å². The lowest BCUT2D eigenvalue weighted by atomic mass is 10.2. The molecule has 0 aromatic heterocycles. The molecule has 0 atom stereocenters.